The highest BCUT2D eigenvalue weighted by molar-refractivity contribution is 6.13. The van der Waals surface area contributed by atoms with Crippen LogP contribution in [0.25, 0.3) is 122 Å². The Balaban J connectivity index is 1.21. The van der Waals surface area contributed by atoms with E-state index in [0.29, 0.717) is 0 Å². The smallest absolute Gasteiger partial charge is 0.240 e. The monoisotopic (exact) mass is 844 g/mol. The molecule has 7 heteroatoms. The van der Waals surface area contributed by atoms with Crippen LogP contribution in [0.3, 0.4) is 0 Å². The largest absolute Gasteiger partial charge is 0.309 e. The van der Waals surface area contributed by atoms with Crippen LogP contribution in [0.4, 0.5) is 0 Å². The molecule has 14 rings (SSSR count). The van der Waals surface area contributed by atoms with Gasteiger partial charge in [-0.2, -0.15) is 15.0 Å². The third-order valence-electron chi connectivity index (χ3n) is 11.1. The first-order valence-corrected chi connectivity index (χ1v) is 19.4. The van der Waals surface area contributed by atoms with Crippen molar-refractivity contribution < 1.29 is 37.0 Å². The first kappa shape index (κ1) is 17.9. The standard InChI is InChI=1S/C57H35N7/c1-9-25-46-37(17-1)38-18-2-10-26-47(38)61(46)36-33-34-54-45(35-36)43-23-7-15-31-52(43)64(54)57-59-55(58-56(60-57)63-50-29-13-5-21-41(50)42-22-6-14-30-51(42)63)44-24-8-16-32-53(44)62-48-27-11-3-19-39(48)40-20-4-12-28-49(40)62/h1-35H/i1D,3D,4D,5D,6D,7D,9D,11D,12D,13D,14D,15D,17D,19D,20D,21D,22D,23D,25D,27D,28D,29D,30D,31D,33D,34D,35D. The summed E-state index contributed by atoms with van der Waals surface area (Å²) in [6.07, 6.45) is 0. The Morgan fingerprint density at radius 2 is 0.719 bits per heavy atom. The zero-order valence-corrected chi connectivity index (χ0v) is 32.2. The van der Waals surface area contributed by atoms with Gasteiger partial charge in [-0.25, -0.2) is 0 Å². The molecule has 298 valence electrons. The van der Waals surface area contributed by atoms with Gasteiger partial charge >= 0.3 is 0 Å². The van der Waals surface area contributed by atoms with E-state index in [1.165, 1.54) is 34.9 Å². The summed E-state index contributed by atoms with van der Waals surface area (Å²) in [7, 11) is 0. The summed E-state index contributed by atoms with van der Waals surface area (Å²) >= 11 is 0. The van der Waals surface area contributed by atoms with E-state index < -0.39 is 230 Å². The van der Waals surface area contributed by atoms with E-state index in [-0.39, 0.29) is 54.9 Å². The van der Waals surface area contributed by atoms with Crippen molar-refractivity contribution in [1.29, 1.82) is 0 Å². The normalized spacial score (nSPS) is 18.0. The summed E-state index contributed by atoms with van der Waals surface area (Å²) in [6, 6.07) is -8.41. The predicted molar refractivity (Wildman–Crippen MR) is 263 cm³/mol. The molecule has 0 bridgehead atoms. The number of hydrogen-bond acceptors (Lipinski definition) is 3. The average Bonchev–Trinajstić information content (AvgIpc) is 1.56. The third kappa shape index (κ3) is 4.89. The minimum Gasteiger partial charge on any atom is -0.309 e. The van der Waals surface area contributed by atoms with Crippen LogP contribution in [0.5, 0.6) is 0 Å². The van der Waals surface area contributed by atoms with E-state index in [9.17, 15) is 16.4 Å². The van der Waals surface area contributed by atoms with Crippen LogP contribution in [0.15, 0.2) is 212 Å². The molecular formula is C57H35N7. The molecule has 5 aromatic heterocycles. The summed E-state index contributed by atoms with van der Waals surface area (Å²) in [5, 5.41) is -2.21. The van der Waals surface area contributed by atoms with E-state index in [2.05, 4.69) is 0 Å². The lowest BCUT2D eigenvalue weighted by molar-refractivity contribution is 0.892. The molecule has 64 heavy (non-hydrogen) atoms. The van der Waals surface area contributed by atoms with Crippen molar-refractivity contribution >= 4 is 87.2 Å². The zero-order valence-electron chi connectivity index (χ0n) is 59.2. The molecule has 0 spiro atoms. The number of rotatable bonds is 5. The van der Waals surface area contributed by atoms with Gasteiger partial charge in [-0.05, 0) is 72.6 Å². The maximum atomic E-state index is 10.2. The van der Waals surface area contributed by atoms with Gasteiger partial charge in [0.05, 0.1) is 86.8 Å². The Bertz CT molecular complexity index is 5670. The van der Waals surface area contributed by atoms with E-state index in [1.54, 1.807) is 18.2 Å². The highest BCUT2D eigenvalue weighted by Gasteiger charge is 2.23. The van der Waals surface area contributed by atoms with Gasteiger partial charge in [0, 0.05) is 54.3 Å². The SMILES string of the molecule is [2H]c1c([2H])c([2H])c2c(c1[2H])c1ccccc1n2-c1c([2H])c([2H])c2c(c1[2H])c1c([2H])c([2H])c([2H])c([2H])c1n2-c1nc(-c2ccccc2-n2c3c([2H])c([2H])c([2H])c([2H])c3c3c([2H])c([2H])c([2H])c([2H])c32)nc(-n2c3c([2H])c([2H])c([2H])c([2H])c3c3c([2H])c([2H])c([2H])c([2H])c32)n1. The van der Waals surface area contributed by atoms with Gasteiger partial charge < -0.3 is 9.13 Å². The molecule has 5 heterocycles. The van der Waals surface area contributed by atoms with E-state index >= 15 is 0 Å². The van der Waals surface area contributed by atoms with E-state index in [4.69, 9.17) is 35.5 Å². The minimum atomic E-state index is -0.876. The molecule has 0 atom stereocenters. The number of fused-ring (bicyclic) bond motifs is 12. The Labute approximate surface area is 403 Å². The van der Waals surface area contributed by atoms with Crippen molar-refractivity contribution in [2.24, 2.45) is 0 Å². The second-order valence-corrected chi connectivity index (χ2v) is 14.4. The highest BCUT2D eigenvalue weighted by atomic mass is 15.3. The summed E-state index contributed by atoms with van der Waals surface area (Å²) < 4.78 is 252. The topological polar surface area (TPSA) is 58.4 Å². The van der Waals surface area contributed by atoms with Crippen LogP contribution < -0.4 is 0 Å². The summed E-state index contributed by atoms with van der Waals surface area (Å²) in [4.78, 5) is 14.6. The Morgan fingerprint density at radius 1 is 0.312 bits per heavy atom. The number of benzene rings is 9. The van der Waals surface area contributed by atoms with Crippen LogP contribution >= 0.6 is 0 Å². The van der Waals surface area contributed by atoms with Crippen LogP contribution in [0.2, 0.25) is 0 Å². The molecule has 0 N–H and O–H groups in total. The molecule has 0 saturated carbocycles. The first-order valence-electron chi connectivity index (χ1n) is 32.9. The second kappa shape index (κ2) is 13.3. The fraction of sp³-hybridized carbons (Fsp3) is 0. The second-order valence-electron chi connectivity index (χ2n) is 14.4. The molecule has 0 aliphatic rings. The van der Waals surface area contributed by atoms with Crippen molar-refractivity contribution in [3.05, 3.63) is 212 Å². The lowest BCUT2D eigenvalue weighted by atomic mass is 10.1. The van der Waals surface area contributed by atoms with Gasteiger partial charge in [-0.1, -0.05) is 139 Å². The van der Waals surface area contributed by atoms with Gasteiger partial charge in [0.1, 0.15) is 0 Å². The fourth-order valence-corrected chi connectivity index (χ4v) is 8.53. The Hall–Kier alpha value is -8.81. The van der Waals surface area contributed by atoms with Gasteiger partial charge in [-0.3, -0.25) is 9.13 Å². The third-order valence-corrected chi connectivity index (χ3v) is 11.1. The molecule has 0 saturated heterocycles. The van der Waals surface area contributed by atoms with Crippen LogP contribution in [0.1, 0.15) is 37.0 Å². The van der Waals surface area contributed by atoms with Crippen LogP contribution in [-0.4, -0.2) is 33.2 Å². The molecule has 0 fully saturated rings. The number of para-hydroxylation sites is 8. The molecule has 0 unspecified atom stereocenters. The van der Waals surface area contributed by atoms with Crippen molar-refractivity contribution in [1.82, 2.24) is 33.2 Å². The van der Waals surface area contributed by atoms with Crippen molar-refractivity contribution in [2.45, 2.75) is 0 Å². The first-order chi connectivity index (χ1) is 43.0. The molecule has 0 aliphatic heterocycles. The fourth-order valence-electron chi connectivity index (χ4n) is 8.53. The Kier molecular flexibility index (Phi) is 3.73. The molecule has 0 aliphatic carbocycles. The van der Waals surface area contributed by atoms with Crippen LogP contribution in [-0.2, 0) is 0 Å². The summed E-state index contributed by atoms with van der Waals surface area (Å²) in [5.41, 5.74) is -3.79. The predicted octanol–water partition coefficient (Wildman–Crippen LogP) is 13.9. The van der Waals surface area contributed by atoms with Gasteiger partial charge in [0.15, 0.2) is 5.82 Å². The molecule has 7 nitrogen and oxygen atoms in total. The van der Waals surface area contributed by atoms with E-state index in [0.717, 1.165) is 13.7 Å². The lowest BCUT2D eigenvalue weighted by Crippen LogP contribution is -2.11. The maximum absolute atomic E-state index is 10.2. The average molecular weight is 845 g/mol. The van der Waals surface area contributed by atoms with Crippen molar-refractivity contribution in [3.8, 4) is 34.7 Å². The highest BCUT2D eigenvalue weighted by Crippen LogP contribution is 2.39. The van der Waals surface area contributed by atoms with Crippen molar-refractivity contribution in [3.63, 3.8) is 0 Å². The summed E-state index contributed by atoms with van der Waals surface area (Å²) in [5.74, 6) is -2.10. The lowest BCUT2D eigenvalue weighted by Gasteiger charge is -2.16. The maximum Gasteiger partial charge on any atom is 0.240 e. The van der Waals surface area contributed by atoms with E-state index in [1.807, 2.05) is 0 Å². The minimum absolute atomic E-state index is 0.0108. The van der Waals surface area contributed by atoms with Gasteiger partial charge in [0.2, 0.25) is 11.9 Å². The number of nitrogens with zero attached hydrogens (tertiary/aromatic N) is 7. The van der Waals surface area contributed by atoms with Gasteiger partial charge in [0.25, 0.3) is 0 Å². The number of aromatic nitrogens is 7. The Morgan fingerprint density at radius 3 is 1.27 bits per heavy atom. The molecule has 9 aromatic carbocycles. The van der Waals surface area contributed by atoms with Crippen LogP contribution in [0, 0.1) is 0 Å². The summed E-state index contributed by atoms with van der Waals surface area (Å²) in [6.45, 7) is 0. The number of hydrogen-bond donors (Lipinski definition) is 0. The zero-order chi connectivity index (χ0) is 65.4. The quantitative estimate of drug-likeness (QED) is 0.173. The van der Waals surface area contributed by atoms with Crippen molar-refractivity contribution in [2.75, 3.05) is 0 Å². The molecule has 0 radical (unpaired) electrons. The molecule has 0 amide bonds. The molecule has 14 aromatic rings. The van der Waals surface area contributed by atoms with Gasteiger partial charge in [-0.15, -0.1) is 0 Å². The molecular weight excluding hydrogens is 783 g/mol.